The number of nitrogens with zero attached hydrogens (tertiary/aromatic N) is 1. The van der Waals surface area contributed by atoms with Gasteiger partial charge in [0.25, 0.3) is 0 Å². The molecule has 0 aromatic heterocycles. The Morgan fingerprint density at radius 2 is 2.06 bits per heavy atom. The molecule has 0 spiro atoms. The first-order valence-electron chi connectivity index (χ1n) is 5.56. The number of rotatable bonds is 1. The molecule has 0 radical (unpaired) electrons. The number of hydrogen-bond acceptors (Lipinski definition) is 2. The lowest BCUT2D eigenvalue weighted by Gasteiger charge is -2.28. The average molecular weight is 235 g/mol. The fourth-order valence-corrected chi connectivity index (χ4v) is 3.27. The highest BCUT2D eigenvalue weighted by atomic mass is 32.2. The summed E-state index contributed by atoms with van der Waals surface area (Å²) in [5.74, 6) is 0.999. The molecule has 84 valence electrons. The molecule has 1 fully saturated rings. The number of fused-ring (bicyclic) bond motifs is 1. The number of carbonyl (C=O) groups excluding carboxylic acids is 1. The Hall–Kier alpha value is -1.16. The monoisotopic (exact) mass is 235 g/mol. The van der Waals surface area contributed by atoms with Crippen LogP contribution in [0.5, 0.6) is 0 Å². The molecule has 1 aromatic carbocycles. The predicted octanol–water partition coefficient (Wildman–Crippen LogP) is 1.55. The average Bonchev–Trinajstić information content (AvgIpc) is 3.13. The summed E-state index contributed by atoms with van der Waals surface area (Å²) in [6.45, 7) is 0.596. The Bertz CT molecular complexity index is 468. The van der Waals surface area contributed by atoms with E-state index in [2.05, 4.69) is 0 Å². The molecule has 3 nitrogen and oxygen atoms in total. The van der Waals surface area contributed by atoms with Crippen LogP contribution < -0.4 is 4.90 Å². The molecule has 0 saturated heterocycles. The lowest BCUT2D eigenvalue weighted by atomic mass is 10.2. The fraction of sp³-hybridized carbons (Fsp3) is 0.417. The van der Waals surface area contributed by atoms with Crippen molar-refractivity contribution in [3.05, 3.63) is 24.3 Å². The second-order valence-corrected chi connectivity index (χ2v) is 5.82. The fourth-order valence-electron chi connectivity index (χ4n) is 2.06. The zero-order valence-electron chi connectivity index (χ0n) is 8.89. The normalized spacial score (nSPS) is 24.0. The van der Waals surface area contributed by atoms with Crippen molar-refractivity contribution in [2.45, 2.75) is 17.7 Å². The highest BCUT2D eigenvalue weighted by Gasteiger charge is 2.36. The van der Waals surface area contributed by atoms with Gasteiger partial charge in [-0.3, -0.25) is 9.00 Å². The third-order valence-corrected chi connectivity index (χ3v) is 4.48. The molecule has 0 bridgehead atoms. The molecule has 16 heavy (non-hydrogen) atoms. The molecule has 3 rings (SSSR count). The van der Waals surface area contributed by atoms with Crippen LogP contribution in [-0.4, -0.2) is 22.4 Å². The molecule has 1 atom stereocenters. The van der Waals surface area contributed by atoms with E-state index in [4.69, 9.17) is 0 Å². The van der Waals surface area contributed by atoms with Crippen LogP contribution in [-0.2, 0) is 15.6 Å². The Balaban J connectivity index is 2.00. The minimum absolute atomic E-state index is 0.212. The Kier molecular flexibility index (Phi) is 2.32. The summed E-state index contributed by atoms with van der Waals surface area (Å²) in [5.41, 5.74) is 0.851. The van der Waals surface area contributed by atoms with Crippen LogP contribution in [0.4, 0.5) is 5.69 Å². The van der Waals surface area contributed by atoms with Crippen LogP contribution >= 0.6 is 0 Å². The molecule has 1 heterocycles. The quantitative estimate of drug-likeness (QED) is 0.740. The Morgan fingerprint density at radius 1 is 1.31 bits per heavy atom. The minimum atomic E-state index is -0.939. The van der Waals surface area contributed by atoms with Crippen molar-refractivity contribution >= 4 is 22.4 Å². The van der Waals surface area contributed by atoms with Crippen molar-refractivity contribution in [1.29, 1.82) is 0 Å². The summed E-state index contributed by atoms with van der Waals surface area (Å²) >= 11 is 0. The number of anilines is 1. The maximum Gasteiger partial charge on any atom is 0.230 e. The van der Waals surface area contributed by atoms with E-state index in [0.29, 0.717) is 12.3 Å². The van der Waals surface area contributed by atoms with Gasteiger partial charge in [0, 0.05) is 18.2 Å². The van der Waals surface area contributed by atoms with Gasteiger partial charge in [-0.2, -0.15) is 0 Å². The van der Waals surface area contributed by atoms with Gasteiger partial charge in [-0.25, -0.2) is 0 Å². The van der Waals surface area contributed by atoms with Crippen LogP contribution in [0.3, 0.4) is 0 Å². The molecule has 4 heteroatoms. The van der Waals surface area contributed by atoms with Gasteiger partial charge in [-0.05, 0) is 25.0 Å². The Labute approximate surface area is 96.9 Å². The number of para-hydroxylation sites is 1. The van der Waals surface area contributed by atoms with Crippen molar-refractivity contribution in [3.8, 4) is 0 Å². The summed E-state index contributed by atoms with van der Waals surface area (Å²) < 4.78 is 11.8. The zero-order valence-corrected chi connectivity index (χ0v) is 9.70. The molecule has 1 aliphatic heterocycles. The first-order chi connectivity index (χ1) is 7.77. The van der Waals surface area contributed by atoms with Crippen LogP contribution in [0, 0.1) is 5.92 Å². The van der Waals surface area contributed by atoms with Crippen molar-refractivity contribution in [2.75, 3.05) is 17.2 Å². The molecule has 1 aromatic rings. The molecule has 0 N–H and O–H groups in total. The molecule has 2 aliphatic rings. The smallest absolute Gasteiger partial charge is 0.230 e. The third-order valence-electron chi connectivity index (χ3n) is 3.09. The van der Waals surface area contributed by atoms with Crippen molar-refractivity contribution in [3.63, 3.8) is 0 Å². The predicted molar refractivity (Wildman–Crippen MR) is 62.8 cm³/mol. The van der Waals surface area contributed by atoms with Gasteiger partial charge in [0.15, 0.2) is 0 Å². The molecular weight excluding hydrogens is 222 g/mol. The summed E-state index contributed by atoms with van der Waals surface area (Å²) in [6.07, 6.45) is 2.03. The summed E-state index contributed by atoms with van der Waals surface area (Å²) in [5, 5.41) is 0. The number of hydrogen-bond donors (Lipinski definition) is 0. The SMILES string of the molecule is O=C(C1CC1)N1CCS(=O)c2ccccc21. The maximum atomic E-state index is 12.1. The summed E-state index contributed by atoms with van der Waals surface area (Å²) in [7, 11) is -0.939. The summed E-state index contributed by atoms with van der Waals surface area (Å²) in [6, 6.07) is 7.53. The van der Waals surface area contributed by atoms with Crippen LogP contribution in [0.15, 0.2) is 29.2 Å². The highest BCUT2D eigenvalue weighted by molar-refractivity contribution is 7.85. The standard InChI is InChI=1S/C12H13NO2S/c14-12(9-5-6-9)13-7-8-16(15)11-4-2-1-3-10(11)13/h1-4,9H,5-8H2. The zero-order chi connectivity index (χ0) is 11.1. The number of benzene rings is 1. The van der Waals surface area contributed by atoms with Crippen molar-refractivity contribution in [1.82, 2.24) is 0 Å². The van der Waals surface area contributed by atoms with Crippen LogP contribution in [0.2, 0.25) is 0 Å². The van der Waals surface area contributed by atoms with Gasteiger partial charge >= 0.3 is 0 Å². The Morgan fingerprint density at radius 3 is 2.81 bits per heavy atom. The first-order valence-corrected chi connectivity index (χ1v) is 6.88. The van der Waals surface area contributed by atoms with E-state index in [-0.39, 0.29) is 11.8 Å². The number of carbonyl (C=O) groups is 1. The first kappa shape index (κ1) is 10.0. The topological polar surface area (TPSA) is 37.4 Å². The second kappa shape index (κ2) is 3.70. The van der Waals surface area contributed by atoms with Crippen molar-refractivity contribution in [2.24, 2.45) is 5.92 Å². The van der Waals surface area contributed by atoms with E-state index in [0.717, 1.165) is 23.4 Å². The lowest BCUT2D eigenvalue weighted by molar-refractivity contribution is -0.119. The maximum absolute atomic E-state index is 12.1. The van der Waals surface area contributed by atoms with Gasteiger partial charge in [-0.1, -0.05) is 12.1 Å². The van der Waals surface area contributed by atoms with Gasteiger partial charge in [0.2, 0.25) is 5.91 Å². The second-order valence-electron chi connectivity index (χ2n) is 4.28. The highest BCUT2D eigenvalue weighted by Crippen LogP contribution is 2.35. The third kappa shape index (κ3) is 1.57. The molecule has 1 aliphatic carbocycles. The summed E-state index contributed by atoms with van der Waals surface area (Å²) in [4.78, 5) is 14.7. The molecule has 1 saturated carbocycles. The van der Waals surface area contributed by atoms with Crippen LogP contribution in [0.1, 0.15) is 12.8 Å². The van der Waals surface area contributed by atoms with Gasteiger partial charge in [-0.15, -0.1) is 0 Å². The van der Waals surface area contributed by atoms with Gasteiger partial charge < -0.3 is 4.90 Å². The van der Waals surface area contributed by atoms with E-state index in [9.17, 15) is 9.00 Å². The minimum Gasteiger partial charge on any atom is -0.310 e. The number of amides is 1. The van der Waals surface area contributed by atoms with Crippen LogP contribution in [0.25, 0.3) is 0 Å². The van der Waals surface area contributed by atoms with E-state index in [1.165, 1.54) is 0 Å². The molecular formula is C12H13NO2S. The largest absolute Gasteiger partial charge is 0.310 e. The van der Waals surface area contributed by atoms with E-state index < -0.39 is 10.8 Å². The molecule has 1 unspecified atom stereocenters. The van der Waals surface area contributed by atoms with E-state index in [1.807, 2.05) is 29.2 Å². The van der Waals surface area contributed by atoms with Gasteiger partial charge in [0.05, 0.1) is 21.4 Å². The van der Waals surface area contributed by atoms with Crippen molar-refractivity contribution < 1.29 is 9.00 Å². The van der Waals surface area contributed by atoms with Gasteiger partial charge in [0.1, 0.15) is 0 Å². The molecule has 1 amide bonds. The lowest BCUT2D eigenvalue weighted by Crippen LogP contribution is -2.39. The van der Waals surface area contributed by atoms with E-state index in [1.54, 1.807) is 0 Å². The van der Waals surface area contributed by atoms with E-state index >= 15 is 0 Å².